The zero-order valence-electron chi connectivity index (χ0n) is 14.0. The highest BCUT2D eigenvalue weighted by Gasteiger charge is 2.40. The lowest BCUT2D eigenvalue weighted by molar-refractivity contribution is -0.147. The van der Waals surface area contributed by atoms with Crippen molar-refractivity contribution in [3.63, 3.8) is 0 Å². The molecular formula is C17H23BrN2O4. The SMILES string of the molecule is CN(CCOc1ccc(Br)cc1)C(=O)CN1CCC(C)(C(=O)O)C1. The third-order valence-corrected chi connectivity index (χ3v) is 4.89. The molecule has 1 fully saturated rings. The van der Waals surface area contributed by atoms with Crippen LogP contribution in [0, 0.1) is 5.41 Å². The summed E-state index contributed by atoms with van der Waals surface area (Å²) in [5.41, 5.74) is -0.746. The molecule has 0 saturated carbocycles. The van der Waals surface area contributed by atoms with Gasteiger partial charge < -0.3 is 14.7 Å². The number of benzene rings is 1. The number of carbonyl (C=O) groups is 2. The smallest absolute Gasteiger partial charge is 0.310 e. The number of carboxylic acids is 1. The van der Waals surface area contributed by atoms with Gasteiger partial charge in [0.1, 0.15) is 12.4 Å². The van der Waals surface area contributed by atoms with Crippen LogP contribution in [0.1, 0.15) is 13.3 Å². The Balaban J connectivity index is 1.72. The topological polar surface area (TPSA) is 70.1 Å². The standard InChI is InChI=1S/C17H23BrN2O4/c1-17(16(22)23)7-8-20(12-17)11-15(21)19(2)9-10-24-14-5-3-13(18)4-6-14/h3-6H,7-12H2,1-2H3,(H,22,23). The molecule has 0 aliphatic carbocycles. The Hall–Kier alpha value is -1.60. The number of likely N-dealkylation sites (N-methyl/N-ethyl adjacent to an activating group) is 1. The summed E-state index contributed by atoms with van der Waals surface area (Å²) >= 11 is 3.36. The van der Waals surface area contributed by atoms with E-state index in [0.29, 0.717) is 32.7 Å². The average Bonchev–Trinajstić information content (AvgIpc) is 2.91. The second kappa shape index (κ2) is 7.98. The Labute approximate surface area is 150 Å². The third kappa shape index (κ3) is 4.95. The number of carbonyl (C=O) groups excluding carboxylic acids is 1. The molecule has 6 nitrogen and oxygen atoms in total. The summed E-state index contributed by atoms with van der Waals surface area (Å²) in [7, 11) is 1.74. The monoisotopic (exact) mass is 398 g/mol. The van der Waals surface area contributed by atoms with Crippen LogP contribution in [0.25, 0.3) is 0 Å². The molecule has 1 unspecified atom stereocenters. The Morgan fingerprint density at radius 3 is 2.62 bits per heavy atom. The number of likely N-dealkylation sites (tertiary alicyclic amines) is 1. The summed E-state index contributed by atoms with van der Waals surface area (Å²) in [6.45, 7) is 3.93. The number of rotatable bonds is 7. The van der Waals surface area contributed by atoms with Crippen molar-refractivity contribution in [2.75, 3.05) is 39.8 Å². The van der Waals surface area contributed by atoms with Gasteiger partial charge in [0.25, 0.3) is 0 Å². The molecule has 0 spiro atoms. The molecule has 1 aliphatic rings. The van der Waals surface area contributed by atoms with Gasteiger partial charge >= 0.3 is 5.97 Å². The summed E-state index contributed by atoms with van der Waals surface area (Å²) in [6.07, 6.45) is 0.575. The Kier molecular flexibility index (Phi) is 6.23. The van der Waals surface area contributed by atoms with Gasteiger partial charge in [0.05, 0.1) is 18.5 Å². The van der Waals surface area contributed by atoms with E-state index in [4.69, 9.17) is 4.74 Å². The summed E-state index contributed by atoms with van der Waals surface area (Å²) in [6, 6.07) is 7.53. The van der Waals surface area contributed by atoms with Gasteiger partial charge in [-0.05, 0) is 44.2 Å². The molecule has 0 radical (unpaired) electrons. The molecule has 1 aromatic carbocycles. The van der Waals surface area contributed by atoms with Crippen molar-refractivity contribution in [2.45, 2.75) is 13.3 Å². The maximum absolute atomic E-state index is 12.2. The van der Waals surface area contributed by atoms with E-state index in [9.17, 15) is 14.7 Å². The molecule has 1 saturated heterocycles. The highest BCUT2D eigenvalue weighted by molar-refractivity contribution is 9.10. The van der Waals surface area contributed by atoms with Crippen molar-refractivity contribution in [3.8, 4) is 5.75 Å². The minimum absolute atomic E-state index is 0.0240. The lowest BCUT2D eigenvalue weighted by Crippen LogP contribution is -2.40. The van der Waals surface area contributed by atoms with Crippen molar-refractivity contribution >= 4 is 27.8 Å². The first-order valence-corrected chi connectivity index (χ1v) is 8.67. The molecule has 7 heteroatoms. The van der Waals surface area contributed by atoms with Crippen LogP contribution in [-0.2, 0) is 9.59 Å². The molecule has 1 N–H and O–H groups in total. The minimum atomic E-state index is -0.797. The van der Waals surface area contributed by atoms with Gasteiger partial charge in [-0.25, -0.2) is 0 Å². The maximum atomic E-state index is 12.2. The highest BCUT2D eigenvalue weighted by Crippen LogP contribution is 2.29. The lowest BCUT2D eigenvalue weighted by Gasteiger charge is -2.23. The number of halogens is 1. The Morgan fingerprint density at radius 2 is 2.04 bits per heavy atom. The van der Waals surface area contributed by atoms with Gasteiger partial charge in [0.2, 0.25) is 5.91 Å². The normalized spacial score (nSPS) is 20.8. The van der Waals surface area contributed by atoms with E-state index < -0.39 is 11.4 Å². The van der Waals surface area contributed by atoms with Crippen LogP contribution in [0.2, 0.25) is 0 Å². The molecule has 1 aromatic rings. The quantitative estimate of drug-likeness (QED) is 0.761. The minimum Gasteiger partial charge on any atom is -0.492 e. The van der Waals surface area contributed by atoms with E-state index in [1.807, 2.05) is 29.2 Å². The van der Waals surface area contributed by atoms with E-state index in [1.165, 1.54) is 0 Å². The van der Waals surface area contributed by atoms with E-state index in [1.54, 1.807) is 18.9 Å². The van der Waals surface area contributed by atoms with E-state index in [-0.39, 0.29) is 12.5 Å². The molecule has 0 bridgehead atoms. The first kappa shape index (κ1) is 18.7. The summed E-state index contributed by atoms with van der Waals surface area (Å²) in [4.78, 5) is 27.0. The number of amides is 1. The molecule has 2 rings (SSSR count). The van der Waals surface area contributed by atoms with Crippen LogP contribution in [0.5, 0.6) is 5.75 Å². The predicted molar refractivity (Wildman–Crippen MR) is 94.1 cm³/mol. The van der Waals surface area contributed by atoms with E-state index in [0.717, 1.165) is 10.2 Å². The van der Waals surface area contributed by atoms with Gasteiger partial charge in [-0.2, -0.15) is 0 Å². The number of ether oxygens (including phenoxy) is 1. The van der Waals surface area contributed by atoms with Gasteiger partial charge in [-0.15, -0.1) is 0 Å². The molecule has 1 amide bonds. The fourth-order valence-electron chi connectivity index (χ4n) is 2.63. The van der Waals surface area contributed by atoms with Gasteiger partial charge in [0.15, 0.2) is 0 Å². The molecule has 1 atom stereocenters. The number of aliphatic carboxylic acids is 1. The number of nitrogens with zero attached hydrogens (tertiary/aromatic N) is 2. The Bertz CT molecular complexity index is 593. The predicted octanol–water partition coefficient (Wildman–Crippen LogP) is 2.08. The van der Waals surface area contributed by atoms with Crippen LogP contribution in [0.3, 0.4) is 0 Å². The zero-order chi connectivity index (χ0) is 17.7. The summed E-state index contributed by atoms with van der Waals surface area (Å²) in [5.74, 6) is -0.0615. The van der Waals surface area contributed by atoms with Crippen LogP contribution in [0.15, 0.2) is 28.7 Å². The van der Waals surface area contributed by atoms with Crippen LogP contribution < -0.4 is 4.74 Å². The fraction of sp³-hybridized carbons (Fsp3) is 0.529. The van der Waals surface area contributed by atoms with Crippen LogP contribution in [-0.4, -0.2) is 66.6 Å². The molecule has 1 heterocycles. The first-order chi connectivity index (χ1) is 11.3. The summed E-state index contributed by atoms with van der Waals surface area (Å²) in [5, 5.41) is 9.23. The number of carboxylic acid groups (broad SMARTS) is 1. The van der Waals surface area contributed by atoms with Crippen LogP contribution >= 0.6 is 15.9 Å². The van der Waals surface area contributed by atoms with Crippen molar-refractivity contribution < 1.29 is 19.4 Å². The van der Waals surface area contributed by atoms with Crippen molar-refractivity contribution in [2.24, 2.45) is 5.41 Å². The number of hydrogen-bond acceptors (Lipinski definition) is 4. The highest BCUT2D eigenvalue weighted by atomic mass is 79.9. The molecule has 1 aliphatic heterocycles. The van der Waals surface area contributed by atoms with Gasteiger partial charge in [0, 0.05) is 18.1 Å². The third-order valence-electron chi connectivity index (χ3n) is 4.36. The molecule has 0 aromatic heterocycles. The largest absolute Gasteiger partial charge is 0.492 e. The molecule has 24 heavy (non-hydrogen) atoms. The van der Waals surface area contributed by atoms with E-state index in [2.05, 4.69) is 15.9 Å². The van der Waals surface area contributed by atoms with E-state index >= 15 is 0 Å². The number of hydrogen-bond donors (Lipinski definition) is 1. The van der Waals surface area contributed by atoms with Crippen molar-refractivity contribution in [1.82, 2.24) is 9.80 Å². The fourth-order valence-corrected chi connectivity index (χ4v) is 2.90. The molecule has 132 valence electrons. The molecular weight excluding hydrogens is 376 g/mol. The van der Waals surface area contributed by atoms with Crippen molar-refractivity contribution in [3.05, 3.63) is 28.7 Å². The van der Waals surface area contributed by atoms with Gasteiger partial charge in [-0.1, -0.05) is 15.9 Å². The average molecular weight is 399 g/mol. The Morgan fingerprint density at radius 1 is 1.38 bits per heavy atom. The first-order valence-electron chi connectivity index (χ1n) is 7.88. The second-order valence-electron chi connectivity index (χ2n) is 6.44. The maximum Gasteiger partial charge on any atom is 0.310 e. The zero-order valence-corrected chi connectivity index (χ0v) is 15.6. The van der Waals surface area contributed by atoms with Gasteiger partial charge in [-0.3, -0.25) is 14.5 Å². The lowest BCUT2D eigenvalue weighted by atomic mass is 9.90. The second-order valence-corrected chi connectivity index (χ2v) is 7.36. The summed E-state index contributed by atoms with van der Waals surface area (Å²) < 4.78 is 6.60. The van der Waals surface area contributed by atoms with Crippen LogP contribution in [0.4, 0.5) is 0 Å². The van der Waals surface area contributed by atoms with Crippen molar-refractivity contribution in [1.29, 1.82) is 0 Å².